The first-order chi connectivity index (χ1) is 10.8. The summed E-state index contributed by atoms with van der Waals surface area (Å²) in [5.74, 6) is -0.217. The van der Waals surface area contributed by atoms with Gasteiger partial charge in [-0.15, -0.1) is 0 Å². The molecule has 3 rings (SSSR count). The Morgan fingerprint density at radius 1 is 1.22 bits per heavy atom. The van der Waals surface area contributed by atoms with Crippen molar-refractivity contribution in [1.82, 2.24) is 10.6 Å². The molecule has 2 fully saturated rings. The van der Waals surface area contributed by atoms with Gasteiger partial charge < -0.3 is 10.6 Å². The first kappa shape index (κ1) is 16.3. The summed E-state index contributed by atoms with van der Waals surface area (Å²) in [6, 6.07) is 6.27. The number of amides is 1. The van der Waals surface area contributed by atoms with Crippen LogP contribution in [-0.4, -0.2) is 38.7 Å². The third-order valence-electron chi connectivity index (χ3n) is 4.52. The molecule has 2 atom stereocenters. The van der Waals surface area contributed by atoms with Crippen LogP contribution in [0.2, 0.25) is 0 Å². The van der Waals surface area contributed by atoms with E-state index in [2.05, 4.69) is 15.4 Å². The highest BCUT2D eigenvalue weighted by molar-refractivity contribution is 7.92. The van der Waals surface area contributed by atoms with Gasteiger partial charge in [0.2, 0.25) is 10.0 Å². The number of sulfonamides is 1. The van der Waals surface area contributed by atoms with E-state index in [-0.39, 0.29) is 11.9 Å². The van der Waals surface area contributed by atoms with Crippen LogP contribution in [0.25, 0.3) is 0 Å². The van der Waals surface area contributed by atoms with Gasteiger partial charge in [-0.3, -0.25) is 9.52 Å². The number of aryl methyl sites for hydroxylation is 1. The molecular formula is C16H23N3O3S. The highest BCUT2D eigenvalue weighted by atomic mass is 32.2. The third kappa shape index (κ3) is 4.03. The fourth-order valence-corrected chi connectivity index (χ4v) is 4.15. The summed E-state index contributed by atoms with van der Waals surface area (Å²) >= 11 is 0. The molecule has 0 saturated carbocycles. The van der Waals surface area contributed by atoms with Crippen molar-refractivity contribution in [3.8, 4) is 0 Å². The average Bonchev–Trinajstić information content (AvgIpc) is 2.78. The standard InChI is InChI=1S/C16H23N3O3S/c1-10-3-6-15(19-23(2,21)22)14(7-10)16(20)18-13-8-11-4-5-12(9-13)17-11/h3,6-7,11-13,17,19H,4-5,8-9H2,1-2H3,(H,18,20). The molecule has 1 amide bonds. The van der Waals surface area contributed by atoms with Gasteiger partial charge in [0.1, 0.15) is 0 Å². The number of hydrogen-bond acceptors (Lipinski definition) is 4. The van der Waals surface area contributed by atoms with Crippen molar-refractivity contribution in [3.63, 3.8) is 0 Å². The van der Waals surface area contributed by atoms with Crippen LogP contribution in [0.4, 0.5) is 5.69 Å². The van der Waals surface area contributed by atoms with Crippen LogP contribution in [0.3, 0.4) is 0 Å². The Bertz CT molecular complexity index is 705. The van der Waals surface area contributed by atoms with Gasteiger partial charge in [0, 0.05) is 18.1 Å². The van der Waals surface area contributed by atoms with E-state index in [9.17, 15) is 13.2 Å². The monoisotopic (exact) mass is 337 g/mol. The highest BCUT2D eigenvalue weighted by Gasteiger charge is 2.34. The maximum Gasteiger partial charge on any atom is 0.253 e. The summed E-state index contributed by atoms with van der Waals surface area (Å²) in [7, 11) is -3.43. The molecule has 1 aromatic carbocycles. The first-order valence-corrected chi connectivity index (χ1v) is 9.84. The van der Waals surface area contributed by atoms with Crippen molar-refractivity contribution < 1.29 is 13.2 Å². The molecule has 126 valence electrons. The minimum atomic E-state index is -3.43. The van der Waals surface area contributed by atoms with Crippen molar-refractivity contribution >= 4 is 21.6 Å². The summed E-state index contributed by atoms with van der Waals surface area (Å²) in [5.41, 5.74) is 1.62. The lowest BCUT2D eigenvalue weighted by Crippen LogP contribution is -2.48. The molecule has 2 saturated heterocycles. The molecule has 2 bridgehead atoms. The van der Waals surface area contributed by atoms with Crippen LogP contribution in [0, 0.1) is 6.92 Å². The number of piperidine rings is 1. The molecule has 2 heterocycles. The zero-order valence-corrected chi connectivity index (χ0v) is 14.2. The van der Waals surface area contributed by atoms with Gasteiger partial charge in [0.25, 0.3) is 5.91 Å². The van der Waals surface area contributed by atoms with E-state index in [0.717, 1.165) is 24.7 Å². The van der Waals surface area contributed by atoms with Crippen molar-refractivity contribution in [2.24, 2.45) is 0 Å². The lowest BCUT2D eigenvalue weighted by Gasteiger charge is -2.30. The summed E-state index contributed by atoms with van der Waals surface area (Å²) < 4.78 is 25.4. The van der Waals surface area contributed by atoms with Gasteiger partial charge in [-0.05, 0) is 44.7 Å². The quantitative estimate of drug-likeness (QED) is 0.775. The number of anilines is 1. The fraction of sp³-hybridized carbons (Fsp3) is 0.562. The zero-order valence-electron chi connectivity index (χ0n) is 13.4. The van der Waals surface area contributed by atoms with Crippen molar-refractivity contribution in [2.75, 3.05) is 11.0 Å². The number of hydrogen-bond donors (Lipinski definition) is 3. The number of carbonyl (C=O) groups excluding carboxylic acids is 1. The van der Waals surface area contributed by atoms with E-state index in [4.69, 9.17) is 0 Å². The second kappa shape index (κ2) is 6.13. The minimum Gasteiger partial charge on any atom is -0.349 e. The Balaban J connectivity index is 1.77. The van der Waals surface area contributed by atoms with Gasteiger partial charge in [-0.25, -0.2) is 8.42 Å². The third-order valence-corrected chi connectivity index (χ3v) is 5.11. The molecule has 3 N–H and O–H groups in total. The van der Waals surface area contributed by atoms with E-state index in [1.54, 1.807) is 18.2 Å². The number of benzene rings is 1. The van der Waals surface area contributed by atoms with Gasteiger partial charge in [0.05, 0.1) is 17.5 Å². The van der Waals surface area contributed by atoms with Crippen LogP contribution in [0.1, 0.15) is 41.6 Å². The largest absolute Gasteiger partial charge is 0.349 e. The molecule has 0 aliphatic carbocycles. The van der Waals surface area contributed by atoms with Gasteiger partial charge in [-0.1, -0.05) is 11.6 Å². The molecule has 2 aliphatic heterocycles. The molecule has 0 radical (unpaired) electrons. The van der Waals surface area contributed by atoms with Crippen molar-refractivity contribution in [3.05, 3.63) is 29.3 Å². The molecule has 2 unspecified atom stereocenters. The normalized spacial score (nSPS) is 26.8. The maximum absolute atomic E-state index is 12.6. The molecule has 23 heavy (non-hydrogen) atoms. The first-order valence-electron chi connectivity index (χ1n) is 7.95. The van der Waals surface area contributed by atoms with Crippen LogP contribution >= 0.6 is 0 Å². The van der Waals surface area contributed by atoms with Crippen LogP contribution in [-0.2, 0) is 10.0 Å². The minimum absolute atomic E-state index is 0.146. The lowest BCUT2D eigenvalue weighted by molar-refractivity contribution is 0.0925. The van der Waals surface area contributed by atoms with E-state index < -0.39 is 10.0 Å². The van der Waals surface area contributed by atoms with E-state index >= 15 is 0 Å². The lowest BCUT2D eigenvalue weighted by atomic mass is 9.99. The summed E-state index contributed by atoms with van der Waals surface area (Å²) in [6.07, 6.45) is 5.29. The van der Waals surface area contributed by atoms with Crippen molar-refractivity contribution in [1.29, 1.82) is 0 Å². The Kier molecular flexibility index (Phi) is 4.33. The Morgan fingerprint density at radius 2 is 1.87 bits per heavy atom. The van der Waals surface area contributed by atoms with Crippen LogP contribution < -0.4 is 15.4 Å². The second-order valence-electron chi connectivity index (χ2n) is 6.70. The number of carbonyl (C=O) groups is 1. The topological polar surface area (TPSA) is 87.3 Å². The second-order valence-corrected chi connectivity index (χ2v) is 8.45. The highest BCUT2D eigenvalue weighted by Crippen LogP contribution is 2.27. The van der Waals surface area contributed by atoms with Gasteiger partial charge >= 0.3 is 0 Å². The molecule has 0 aromatic heterocycles. The van der Waals surface area contributed by atoms with Crippen LogP contribution in [0.15, 0.2) is 18.2 Å². The van der Waals surface area contributed by atoms with E-state index in [1.807, 2.05) is 6.92 Å². The fourth-order valence-electron chi connectivity index (χ4n) is 3.57. The Labute approximate surface area is 137 Å². The predicted octanol–water partition coefficient (Wildman–Crippen LogP) is 1.38. The maximum atomic E-state index is 12.6. The van der Waals surface area contributed by atoms with E-state index in [1.165, 1.54) is 12.8 Å². The predicted molar refractivity (Wildman–Crippen MR) is 90.1 cm³/mol. The van der Waals surface area contributed by atoms with Gasteiger partial charge in [0.15, 0.2) is 0 Å². The van der Waals surface area contributed by atoms with Crippen LogP contribution in [0.5, 0.6) is 0 Å². The Morgan fingerprint density at radius 3 is 2.48 bits per heavy atom. The number of fused-ring (bicyclic) bond motifs is 2. The molecule has 1 aromatic rings. The van der Waals surface area contributed by atoms with E-state index in [0.29, 0.717) is 23.3 Å². The number of nitrogens with one attached hydrogen (secondary N) is 3. The zero-order chi connectivity index (χ0) is 16.6. The molecule has 7 heteroatoms. The molecular weight excluding hydrogens is 314 g/mol. The molecule has 6 nitrogen and oxygen atoms in total. The van der Waals surface area contributed by atoms with Gasteiger partial charge in [-0.2, -0.15) is 0 Å². The summed E-state index contributed by atoms with van der Waals surface area (Å²) in [5, 5.41) is 6.62. The Hall–Kier alpha value is -1.60. The average molecular weight is 337 g/mol. The van der Waals surface area contributed by atoms with Crippen molar-refractivity contribution in [2.45, 2.75) is 50.7 Å². The summed E-state index contributed by atoms with van der Waals surface area (Å²) in [4.78, 5) is 12.6. The smallest absolute Gasteiger partial charge is 0.253 e. The SMILES string of the molecule is Cc1ccc(NS(C)(=O)=O)c(C(=O)NC2CC3CCC(C2)N3)c1. The molecule has 2 aliphatic rings. The molecule has 0 spiro atoms. The number of rotatable bonds is 4. The summed E-state index contributed by atoms with van der Waals surface area (Å²) in [6.45, 7) is 1.88.